The normalized spacial score (nSPS) is 30.9. The van der Waals surface area contributed by atoms with Crippen LogP contribution < -0.4 is 5.32 Å². The third-order valence-corrected chi connectivity index (χ3v) is 6.04. The second kappa shape index (κ2) is 5.73. The highest BCUT2D eigenvalue weighted by Gasteiger charge is 2.39. The predicted molar refractivity (Wildman–Crippen MR) is 87.1 cm³/mol. The van der Waals surface area contributed by atoms with Gasteiger partial charge in [-0.05, 0) is 73.7 Å². The molecule has 1 heterocycles. The Morgan fingerprint density at radius 1 is 1.19 bits per heavy atom. The summed E-state index contributed by atoms with van der Waals surface area (Å²) in [4.78, 5) is 2.56. The Morgan fingerprint density at radius 2 is 2.14 bits per heavy atom. The van der Waals surface area contributed by atoms with Crippen LogP contribution in [0.2, 0.25) is 0 Å². The highest BCUT2D eigenvalue weighted by atomic mass is 15.1. The quantitative estimate of drug-likeness (QED) is 0.913. The van der Waals surface area contributed by atoms with Crippen molar-refractivity contribution in [1.82, 2.24) is 10.2 Å². The summed E-state index contributed by atoms with van der Waals surface area (Å²) < 4.78 is 0. The fourth-order valence-electron chi connectivity index (χ4n) is 5.01. The molecule has 3 aliphatic rings. The van der Waals surface area contributed by atoms with Crippen LogP contribution in [0.1, 0.15) is 42.4 Å². The maximum absolute atomic E-state index is 3.48. The molecule has 2 bridgehead atoms. The Morgan fingerprint density at radius 3 is 2.95 bits per heavy atom. The zero-order valence-corrected chi connectivity index (χ0v) is 13.3. The Kier molecular flexibility index (Phi) is 3.76. The molecule has 0 spiro atoms. The summed E-state index contributed by atoms with van der Waals surface area (Å²) in [5, 5.41) is 3.48. The van der Waals surface area contributed by atoms with Crippen LogP contribution in [0.5, 0.6) is 0 Å². The molecule has 2 aliphatic carbocycles. The first kappa shape index (κ1) is 13.8. The molecule has 0 amide bonds. The van der Waals surface area contributed by atoms with Gasteiger partial charge in [0.1, 0.15) is 0 Å². The molecule has 0 aromatic heterocycles. The van der Waals surface area contributed by atoms with E-state index in [2.05, 4.69) is 35.5 Å². The van der Waals surface area contributed by atoms with Gasteiger partial charge in [-0.25, -0.2) is 0 Å². The molecule has 21 heavy (non-hydrogen) atoms. The SMILES string of the molecule is CN(Cc1ccc2c(c1)CNCC2)CC1CC2CCC1C2. The molecule has 114 valence electrons. The van der Waals surface area contributed by atoms with E-state index in [1.165, 1.54) is 49.8 Å². The maximum Gasteiger partial charge on any atom is 0.0230 e. The summed E-state index contributed by atoms with van der Waals surface area (Å²) in [6.07, 6.45) is 7.25. The molecule has 2 saturated carbocycles. The zero-order valence-electron chi connectivity index (χ0n) is 13.3. The largest absolute Gasteiger partial charge is 0.312 e. The van der Waals surface area contributed by atoms with E-state index in [0.29, 0.717) is 0 Å². The topological polar surface area (TPSA) is 15.3 Å². The first-order valence-corrected chi connectivity index (χ1v) is 8.78. The van der Waals surface area contributed by atoms with Gasteiger partial charge in [-0.2, -0.15) is 0 Å². The molecule has 2 heteroatoms. The minimum atomic E-state index is 0.980. The van der Waals surface area contributed by atoms with E-state index in [9.17, 15) is 0 Å². The third kappa shape index (κ3) is 2.89. The monoisotopic (exact) mass is 284 g/mol. The van der Waals surface area contributed by atoms with E-state index in [1.807, 2.05) is 0 Å². The van der Waals surface area contributed by atoms with Gasteiger partial charge in [0.2, 0.25) is 0 Å². The molecular weight excluding hydrogens is 256 g/mol. The lowest BCUT2D eigenvalue weighted by molar-refractivity contribution is 0.214. The molecule has 2 nitrogen and oxygen atoms in total. The predicted octanol–water partition coefficient (Wildman–Crippen LogP) is 3.20. The van der Waals surface area contributed by atoms with Crippen LogP contribution in [0.3, 0.4) is 0 Å². The van der Waals surface area contributed by atoms with Crippen LogP contribution in [0.4, 0.5) is 0 Å². The molecule has 3 atom stereocenters. The number of rotatable bonds is 4. The van der Waals surface area contributed by atoms with Crippen LogP contribution in [0.15, 0.2) is 18.2 Å². The summed E-state index contributed by atoms with van der Waals surface area (Å²) in [6, 6.07) is 7.14. The van der Waals surface area contributed by atoms with Gasteiger partial charge >= 0.3 is 0 Å². The first-order valence-electron chi connectivity index (χ1n) is 8.78. The average molecular weight is 284 g/mol. The van der Waals surface area contributed by atoms with Crippen LogP contribution in [0, 0.1) is 17.8 Å². The summed E-state index contributed by atoms with van der Waals surface area (Å²) in [6.45, 7) is 4.60. The Balaban J connectivity index is 1.37. The minimum absolute atomic E-state index is 0.980. The van der Waals surface area contributed by atoms with Crippen molar-refractivity contribution in [3.05, 3.63) is 34.9 Å². The van der Waals surface area contributed by atoms with Crippen molar-refractivity contribution in [3.63, 3.8) is 0 Å². The van der Waals surface area contributed by atoms with Gasteiger partial charge in [0.15, 0.2) is 0 Å². The fraction of sp³-hybridized carbons (Fsp3) is 0.684. The van der Waals surface area contributed by atoms with E-state index in [-0.39, 0.29) is 0 Å². The standard InChI is InChI=1S/C19H28N2/c1-21(13-19-9-14-2-5-17(19)8-14)12-15-3-4-16-6-7-20-11-18(16)10-15/h3-4,10,14,17,19-20H,2,5-9,11-13H2,1H3. The Labute approximate surface area is 128 Å². The van der Waals surface area contributed by atoms with E-state index in [0.717, 1.165) is 37.4 Å². The van der Waals surface area contributed by atoms with Gasteiger partial charge in [0.05, 0.1) is 0 Å². The minimum Gasteiger partial charge on any atom is -0.312 e. The van der Waals surface area contributed by atoms with Gasteiger partial charge in [-0.15, -0.1) is 0 Å². The molecule has 1 N–H and O–H groups in total. The van der Waals surface area contributed by atoms with Crippen molar-refractivity contribution in [2.75, 3.05) is 20.1 Å². The lowest BCUT2D eigenvalue weighted by Gasteiger charge is -2.27. The summed E-state index contributed by atoms with van der Waals surface area (Å²) in [5.74, 6) is 3.10. The van der Waals surface area contributed by atoms with Crippen molar-refractivity contribution in [1.29, 1.82) is 0 Å². The molecule has 1 aromatic rings. The Hall–Kier alpha value is -0.860. The lowest BCUT2D eigenvalue weighted by Crippen LogP contribution is -2.28. The van der Waals surface area contributed by atoms with Gasteiger partial charge in [-0.3, -0.25) is 0 Å². The van der Waals surface area contributed by atoms with Gasteiger partial charge in [0.25, 0.3) is 0 Å². The van der Waals surface area contributed by atoms with Crippen molar-refractivity contribution in [2.45, 2.75) is 45.2 Å². The molecule has 4 rings (SSSR count). The molecule has 0 radical (unpaired) electrons. The van der Waals surface area contributed by atoms with Crippen LogP contribution >= 0.6 is 0 Å². The first-order chi connectivity index (χ1) is 10.3. The molecule has 2 fully saturated rings. The van der Waals surface area contributed by atoms with Crippen LogP contribution in [-0.2, 0) is 19.5 Å². The van der Waals surface area contributed by atoms with Gasteiger partial charge < -0.3 is 10.2 Å². The Bertz CT molecular complexity index is 510. The van der Waals surface area contributed by atoms with Crippen molar-refractivity contribution >= 4 is 0 Å². The van der Waals surface area contributed by atoms with Crippen LogP contribution in [-0.4, -0.2) is 25.0 Å². The smallest absolute Gasteiger partial charge is 0.0230 e. The number of nitrogens with one attached hydrogen (secondary N) is 1. The average Bonchev–Trinajstić information content (AvgIpc) is 3.09. The summed E-state index contributed by atoms with van der Waals surface area (Å²) >= 11 is 0. The maximum atomic E-state index is 3.48. The highest BCUT2D eigenvalue weighted by molar-refractivity contribution is 5.33. The van der Waals surface area contributed by atoms with E-state index in [1.54, 1.807) is 5.56 Å². The second-order valence-corrected chi connectivity index (χ2v) is 7.66. The number of hydrogen-bond acceptors (Lipinski definition) is 2. The summed E-state index contributed by atoms with van der Waals surface area (Å²) in [7, 11) is 2.31. The highest BCUT2D eigenvalue weighted by Crippen LogP contribution is 2.48. The molecular formula is C19H28N2. The molecule has 1 aliphatic heterocycles. The number of benzene rings is 1. The van der Waals surface area contributed by atoms with Crippen molar-refractivity contribution in [2.24, 2.45) is 17.8 Å². The third-order valence-electron chi connectivity index (χ3n) is 6.04. The van der Waals surface area contributed by atoms with Gasteiger partial charge in [-0.1, -0.05) is 24.6 Å². The fourth-order valence-corrected chi connectivity index (χ4v) is 5.01. The van der Waals surface area contributed by atoms with Crippen molar-refractivity contribution in [3.8, 4) is 0 Å². The molecule has 3 unspecified atom stereocenters. The number of fused-ring (bicyclic) bond motifs is 3. The van der Waals surface area contributed by atoms with Gasteiger partial charge in [0, 0.05) is 19.6 Å². The summed E-state index contributed by atoms with van der Waals surface area (Å²) in [5.41, 5.74) is 4.56. The zero-order chi connectivity index (χ0) is 14.2. The van der Waals surface area contributed by atoms with E-state index in [4.69, 9.17) is 0 Å². The number of hydrogen-bond donors (Lipinski definition) is 1. The molecule has 0 saturated heterocycles. The van der Waals surface area contributed by atoms with Crippen molar-refractivity contribution < 1.29 is 0 Å². The molecule has 1 aromatic carbocycles. The van der Waals surface area contributed by atoms with E-state index >= 15 is 0 Å². The van der Waals surface area contributed by atoms with Crippen LogP contribution in [0.25, 0.3) is 0 Å². The number of nitrogens with zero attached hydrogens (tertiary/aromatic N) is 1. The van der Waals surface area contributed by atoms with E-state index < -0.39 is 0 Å². The lowest BCUT2D eigenvalue weighted by atomic mass is 9.88. The second-order valence-electron chi connectivity index (χ2n) is 7.66.